The van der Waals surface area contributed by atoms with Crippen LogP contribution in [-0.2, 0) is 0 Å². The van der Waals surface area contributed by atoms with E-state index in [4.69, 9.17) is 17.2 Å². The minimum absolute atomic E-state index is 0.580. The fraction of sp³-hybridized carbons (Fsp3) is 0. The van der Waals surface area contributed by atoms with E-state index in [9.17, 15) is 0 Å². The Balaban J connectivity index is 1.83. The maximum Gasteiger partial charge on any atom is 0.0633 e. The van der Waals surface area contributed by atoms with Gasteiger partial charge in [-0.25, -0.2) is 0 Å². The van der Waals surface area contributed by atoms with Gasteiger partial charge in [0.15, 0.2) is 0 Å². The number of hydrogen-bond donors (Lipinski definition) is 3. The van der Waals surface area contributed by atoms with E-state index in [0.29, 0.717) is 11.4 Å². The summed E-state index contributed by atoms with van der Waals surface area (Å²) < 4.78 is 0. The quantitative estimate of drug-likeness (QED) is 0.430. The monoisotopic (exact) mass is 351 g/mol. The molecule has 3 heteroatoms. The predicted molar refractivity (Wildman–Crippen MR) is 116 cm³/mol. The van der Waals surface area contributed by atoms with Gasteiger partial charge in [-0.1, -0.05) is 72.8 Å². The second kappa shape index (κ2) is 6.89. The molecule has 4 aromatic rings. The lowest BCUT2D eigenvalue weighted by molar-refractivity contribution is 1.56. The van der Waals surface area contributed by atoms with Gasteiger partial charge >= 0.3 is 0 Å². The Morgan fingerprint density at radius 2 is 1.00 bits per heavy atom. The van der Waals surface area contributed by atoms with Gasteiger partial charge in [-0.15, -0.1) is 0 Å². The standard InChI is InChI=1S/C24H21N3/c25-20-12-10-18(11-13-20)21-14-15-22(26)24(27)23(21)19-8-6-17(7-9-19)16-4-2-1-3-5-16/h1-15H,25-27H2. The van der Waals surface area contributed by atoms with E-state index in [-0.39, 0.29) is 0 Å². The van der Waals surface area contributed by atoms with Crippen LogP contribution in [0.5, 0.6) is 0 Å². The van der Waals surface area contributed by atoms with Gasteiger partial charge in [0, 0.05) is 11.3 Å². The van der Waals surface area contributed by atoms with Crippen LogP contribution in [-0.4, -0.2) is 0 Å². The molecule has 0 aliphatic rings. The van der Waals surface area contributed by atoms with E-state index in [2.05, 4.69) is 36.4 Å². The van der Waals surface area contributed by atoms with Crippen molar-refractivity contribution in [2.24, 2.45) is 0 Å². The number of rotatable bonds is 3. The minimum atomic E-state index is 0.580. The lowest BCUT2D eigenvalue weighted by Crippen LogP contribution is -1.99. The summed E-state index contributed by atoms with van der Waals surface area (Å²) in [7, 11) is 0. The van der Waals surface area contributed by atoms with E-state index in [0.717, 1.165) is 33.5 Å². The predicted octanol–water partition coefficient (Wildman–Crippen LogP) is 5.43. The molecule has 27 heavy (non-hydrogen) atoms. The molecule has 0 aromatic heterocycles. The summed E-state index contributed by atoms with van der Waals surface area (Å²) >= 11 is 0. The molecule has 0 spiro atoms. The summed E-state index contributed by atoms with van der Waals surface area (Å²) in [4.78, 5) is 0. The Labute approximate surface area is 159 Å². The van der Waals surface area contributed by atoms with E-state index >= 15 is 0 Å². The van der Waals surface area contributed by atoms with Crippen LogP contribution in [0.3, 0.4) is 0 Å². The van der Waals surface area contributed by atoms with Crippen LogP contribution >= 0.6 is 0 Å². The molecule has 3 nitrogen and oxygen atoms in total. The Morgan fingerprint density at radius 3 is 1.67 bits per heavy atom. The van der Waals surface area contributed by atoms with E-state index in [1.165, 1.54) is 5.56 Å². The maximum absolute atomic E-state index is 6.38. The van der Waals surface area contributed by atoms with E-state index < -0.39 is 0 Å². The van der Waals surface area contributed by atoms with Crippen LogP contribution in [0.4, 0.5) is 17.1 Å². The normalized spacial score (nSPS) is 10.7. The van der Waals surface area contributed by atoms with Crippen molar-refractivity contribution in [3.05, 3.63) is 91.0 Å². The Morgan fingerprint density at radius 1 is 0.444 bits per heavy atom. The molecule has 0 unspecified atom stereocenters. The third-order valence-electron chi connectivity index (χ3n) is 4.78. The molecule has 4 aromatic carbocycles. The fourth-order valence-electron chi connectivity index (χ4n) is 3.31. The van der Waals surface area contributed by atoms with Crippen molar-refractivity contribution in [3.63, 3.8) is 0 Å². The number of anilines is 3. The molecule has 0 radical (unpaired) electrons. The molecule has 0 amide bonds. The van der Waals surface area contributed by atoms with Gasteiger partial charge in [0.1, 0.15) is 0 Å². The first-order valence-corrected chi connectivity index (χ1v) is 8.83. The molecular formula is C24H21N3. The molecule has 132 valence electrons. The largest absolute Gasteiger partial charge is 0.399 e. The van der Waals surface area contributed by atoms with Crippen LogP contribution in [0.25, 0.3) is 33.4 Å². The van der Waals surface area contributed by atoms with Crippen LogP contribution in [0.15, 0.2) is 91.0 Å². The fourth-order valence-corrected chi connectivity index (χ4v) is 3.31. The molecule has 0 aliphatic carbocycles. The average Bonchev–Trinajstić information content (AvgIpc) is 2.71. The van der Waals surface area contributed by atoms with Crippen molar-refractivity contribution >= 4 is 17.1 Å². The molecular weight excluding hydrogens is 330 g/mol. The molecule has 0 bridgehead atoms. The smallest absolute Gasteiger partial charge is 0.0633 e. The first kappa shape index (κ1) is 16.7. The highest BCUT2D eigenvalue weighted by Crippen LogP contribution is 2.40. The first-order chi connectivity index (χ1) is 13.1. The molecule has 0 aliphatic heterocycles. The summed E-state index contributed by atoms with van der Waals surface area (Å²) in [6.45, 7) is 0. The van der Waals surface area contributed by atoms with Crippen molar-refractivity contribution in [1.82, 2.24) is 0 Å². The summed E-state index contributed by atoms with van der Waals surface area (Å²) in [6.07, 6.45) is 0. The zero-order valence-electron chi connectivity index (χ0n) is 14.9. The summed E-state index contributed by atoms with van der Waals surface area (Å²) in [5.74, 6) is 0. The van der Waals surface area contributed by atoms with Crippen molar-refractivity contribution in [2.75, 3.05) is 17.2 Å². The molecule has 0 fully saturated rings. The van der Waals surface area contributed by atoms with Gasteiger partial charge in [0.05, 0.1) is 11.4 Å². The van der Waals surface area contributed by atoms with Crippen molar-refractivity contribution in [3.8, 4) is 33.4 Å². The van der Waals surface area contributed by atoms with Crippen LogP contribution in [0, 0.1) is 0 Å². The Hall–Kier alpha value is -3.72. The molecule has 0 saturated carbocycles. The SMILES string of the molecule is Nc1ccc(-c2ccc(N)c(N)c2-c2ccc(-c3ccccc3)cc2)cc1. The minimum Gasteiger partial charge on any atom is -0.399 e. The molecule has 4 rings (SSSR count). The topological polar surface area (TPSA) is 78.1 Å². The number of nitrogen functional groups attached to an aromatic ring is 3. The van der Waals surface area contributed by atoms with Gasteiger partial charge < -0.3 is 17.2 Å². The molecule has 0 heterocycles. The molecule has 6 N–H and O–H groups in total. The van der Waals surface area contributed by atoms with Gasteiger partial charge in [0.25, 0.3) is 0 Å². The van der Waals surface area contributed by atoms with Gasteiger partial charge in [0.2, 0.25) is 0 Å². The summed E-state index contributed by atoms with van der Waals surface area (Å²) in [6, 6.07) is 30.4. The lowest BCUT2D eigenvalue weighted by Gasteiger charge is -2.16. The molecule has 0 atom stereocenters. The summed E-state index contributed by atoms with van der Waals surface area (Å²) in [5.41, 5.74) is 26.6. The number of nitrogens with two attached hydrogens (primary N) is 3. The highest BCUT2D eigenvalue weighted by Gasteiger charge is 2.13. The molecule has 0 saturated heterocycles. The highest BCUT2D eigenvalue weighted by atomic mass is 14.7. The van der Waals surface area contributed by atoms with Crippen LogP contribution in [0.2, 0.25) is 0 Å². The second-order valence-corrected chi connectivity index (χ2v) is 6.56. The number of benzene rings is 4. The van der Waals surface area contributed by atoms with Crippen molar-refractivity contribution in [2.45, 2.75) is 0 Å². The van der Waals surface area contributed by atoms with Gasteiger partial charge in [-0.3, -0.25) is 0 Å². The third kappa shape index (κ3) is 3.23. The van der Waals surface area contributed by atoms with Crippen LogP contribution < -0.4 is 17.2 Å². The van der Waals surface area contributed by atoms with Crippen molar-refractivity contribution in [1.29, 1.82) is 0 Å². The van der Waals surface area contributed by atoms with Gasteiger partial charge in [-0.2, -0.15) is 0 Å². The Bertz CT molecular complexity index is 1070. The Kier molecular flexibility index (Phi) is 4.27. The van der Waals surface area contributed by atoms with E-state index in [1.54, 1.807) is 0 Å². The average molecular weight is 351 g/mol. The second-order valence-electron chi connectivity index (χ2n) is 6.56. The number of hydrogen-bond acceptors (Lipinski definition) is 3. The van der Waals surface area contributed by atoms with E-state index in [1.807, 2.05) is 54.6 Å². The zero-order valence-corrected chi connectivity index (χ0v) is 14.9. The maximum atomic E-state index is 6.38. The zero-order chi connectivity index (χ0) is 18.8. The van der Waals surface area contributed by atoms with Gasteiger partial charge in [-0.05, 0) is 46.0 Å². The third-order valence-corrected chi connectivity index (χ3v) is 4.78. The lowest BCUT2D eigenvalue weighted by atomic mass is 9.91. The first-order valence-electron chi connectivity index (χ1n) is 8.83. The summed E-state index contributed by atoms with van der Waals surface area (Å²) in [5, 5.41) is 0. The van der Waals surface area contributed by atoms with Crippen LogP contribution in [0.1, 0.15) is 0 Å². The van der Waals surface area contributed by atoms with Crippen molar-refractivity contribution < 1.29 is 0 Å². The highest BCUT2D eigenvalue weighted by molar-refractivity contribution is 5.96.